The zero-order valence-corrected chi connectivity index (χ0v) is 20.8. The number of nitrogens with one attached hydrogen (secondary N) is 1. The predicted molar refractivity (Wildman–Crippen MR) is 138 cm³/mol. The molecule has 0 unspecified atom stereocenters. The molecule has 0 spiro atoms. The highest BCUT2D eigenvalue weighted by Gasteiger charge is 2.42. The molecular formula is C30H34N2O3. The second kappa shape index (κ2) is 9.73. The zero-order chi connectivity index (χ0) is 24.5. The summed E-state index contributed by atoms with van der Waals surface area (Å²) in [6.07, 6.45) is 5.19. The van der Waals surface area contributed by atoms with Crippen LogP contribution in [0.5, 0.6) is 0 Å². The van der Waals surface area contributed by atoms with Gasteiger partial charge in [-0.05, 0) is 68.2 Å². The van der Waals surface area contributed by atoms with E-state index in [0.29, 0.717) is 12.0 Å². The third-order valence-corrected chi connectivity index (χ3v) is 7.64. The van der Waals surface area contributed by atoms with Crippen molar-refractivity contribution in [3.05, 3.63) is 88.3 Å². The Kier molecular flexibility index (Phi) is 6.50. The summed E-state index contributed by atoms with van der Waals surface area (Å²) in [4.78, 5) is 29.3. The molecule has 1 fully saturated rings. The van der Waals surface area contributed by atoms with E-state index in [-0.39, 0.29) is 23.8 Å². The molecule has 2 aliphatic carbocycles. The Balaban J connectivity index is 1.54. The maximum absolute atomic E-state index is 13.7. The van der Waals surface area contributed by atoms with E-state index in [4.69, 9.17) is 4.74 Å². The molecule has 1 N–H and O–H groups in total. The van der Waals surface area contributed by atoms with Gasteiger partial charge >= 0.3 is 5.97 Å². The summed E-state index contributed by atoms with van der Waals surface area (Å²) in [5.74, 6) is -0.479. The summed E-state index contributed by atoms with van der Waals surface area (Å²) in [7, 11) is 4.01. The SMILES string of the molecule is CC1=C(C(=O)OC2CCCC2)[C@@H](c2ccc(N(C)C)cc2)C2=C(C[C@H](c3ccccc3)CC2=O)N1. The molecule has 0 saturated heterocycles. The molecule has 0 aromatic heterocycles. The number of Topliss-reactive ketones (excluding diaryl/α,β-unsaturated/α-hetero) is 1. The second-order valence-electron chi connectivity index (χ2n) is 10.2. The van der Waals surface area contributed by atoms with E-state index in [1.165, 1.54) is 5.56 Å². The Morgan fingerprint density at radius 2 is 1.63 bits per heavy atom. The van der Waals surface area contributed by atoms with Crippen LogP contribution in [0.4, 0.5) is 5.69 Å². The van der Waals surface area contributed by atoms with E-state index in [9.17, 15) is 9.59 Å². The number of ketones is 1. The van der Waals surface area contributed by atoms with Crippen LogP contribution in [0, 0.1) is 0 Å². The molecule has 2 aromatic carbocycles. The first-order valence-electron chi connectivity index (χ1n) is 12.7. The average molecular weight is 471 g/mol. The van der Waals surface area contributed by atoms with E-state index < -0.39 is 5.92 Å². The fraction of sp³-hybridized carbons (Fsp3) is 0.400. The zero-order valence-electron chi connectivity index (χ0n) is 20.8. The van der Waals surface area contributed by atoms with Gasteiger partial charge in [-0.1, -0.05) is 42.5 Å². The molecule has 1 heterocycles. The molecule has 35 heavy (non-hydrogen) atoms. The molecule has 1 aliphatic heterocycles. The number of esters is 1. The summed E-state index contributed by atoms with van der Waals surface area (Å²) >= 11 is 0. The number of hydrogen-bond donors (Lipinski definition) is 1. The van der Waals surface area contributed by atoms with Crippen molar-refractivity contribution >= 4 is 17.4 Å². The molecular weight excluding hydrogens is 436 g/mol. The molecule has 0 radical (unpaired) electrons. The predicted octanol–water partition coefficient (Wildman–Crippen LogP) is 5.60. The lowest BCUT2D eigenvalue weighted by Gasteiger charge is -2.37. The highest BCUT2D eigenvalue weighted by atomic mass is 16.5. The molecule has 2 atom stereocenters. The van der Waals surface area contributed by atoms with Crippen molar-refractivity contribution in [1.29, 1.82) is 0 Å². The molecule has 1 saturated carbocycles. The lowest BCUT2D eigenvalue weighted by Crippen LogP contribution is -2.36. The number of dihydropyridines is 1. The topological polar surface area (TPSA) is 58.6 Å². The van der Waals surface area contributed by atoms with E-state index in [1.807, 2.05) is 68.4 Å². The molecule has 0 bridgehead atoms. The van der Waals surface area contributed by atoms with Crippen molar-refractivity contribution in [1.82, 2.24) is 5.32 Å². The van der Waals surface area contributed by atoms with Crippen molar-refractivity contribution in [3.63, 3.8) is 0 Å². The maximum Gasteiger partial charge on any atom is 0.337 e. The lowest BCUT2D eigenvalue weighted by molar-refractivity contribution is -0.144. The highest BCUT2D eigenvalue weighted by molar-refractivity contribution is 6.04. The maximum atomic E-state index is 13.7. The molecule has 3 aliphatic rings. The minimum absolute atomic E-state index is 0.0283. The number of benzene rings is 2. The molecule has 5 nitrogen and oxygen atoms in total. The third-order valence-electron chi connectivity index (χ3n) is 7.64. The molecule has 182 valence electrons. The van der Waals surface area contributed by atoms with Crippen LogP contribution < -0.4 is 10.2 Å². The van der Waals surface area contributed by atoms with Gasteiger partial charge in [-0.3, -0.25) is 4.79 Å². The monoisotopic (exact) mass is 470 g/mol. The Morgan fingerprint density at radius 1 is 0.943 bits per heavy atom. The van der Waals surface area contributed by atoms with Gasteiger partial charge in [-0.15, -0.1) is 0 Å². The largest absolute Gasteiger partial charge is 0.459 e. The standard InChI is InChI=1S/C30H34N2O3/c1-19-27(30(34)35-24-11-7-8-12-24)28(21-13-15-23(16-14-21)32(2)3)29-25(31-19)17-22(18-26(29)33)20-9-5-4-6-10-20/h4-6,9-10,13-16,22,24,28,31H,7-8,11-12,17-18H2,1-3H3/t22-,28+/m0/s1. The number of carbonyl (C=O) groups excluding carboxylic acids is 2. The van der Waals surface area contributed by atoms with Gasteiger partial charge in [0.1, 0.15) is 6.10 Å². The van der Waals surface area contributed by atoms with Crippen LogP contribution in [-0.2, 0) is 14.3 Å². The van der Waals surface area contributed by atoms with Crippen molar-refractivity contribution in [2.45, 2.75) is 63.4 Å². The van der Waals surface area contributed by atoms with Gasteiger partial charge in [0.05, 0.1) is 5.57 Å². The minimum Gasteiger partial charge on any atom is -0.459 e. The Morgan fingerprint density at radius 3 is 2.29 bits per heavy atom. The summed E-state index contributed by atoms with van der Waals surface area (Å²) in [5, 5.41) is 3.46. The normalized spacial score (nSPS) is 22.7. The van der Waals surface area contributed by atoms with Crippen LogP contribution in [-0.4, -0.2) is 32.0 Å². The van der Waals surface area contributed by atoms with Crippen molar-refractivity contribution in [2.24, 2.45) is 0 Å². The fourth-order valence-electron chi connectivity index (χ4n) is 5.79. The van der Waals surface area contributed by atoms with Crippen molar-refractivity contribution in [3.8, 4) is 0 Å². The minimum atomic E-state index is -0.416. The number of hydrogen-bond acceptors (Lipinski definition) is 5. The summed E-state index contributed by atoms with van der Waals surface area (Å²) in [5.41, 5.74) is 6.22. The summed E-state index contributed by atoms with van der Waals surface area (Å²) in [6, 6.07) is 18.4. The van der Waals surface area contributed by atoms with E-state index >= 15 is 0 Å². The van der Waals surface area contributed by atoms with Crippen LogP contribution in [0.15, 0.2) is 77.1 Å². The summed E-state index contributed by atoms with van der Waals surface area (Å²) in [6.45, 7) is 1.94. The van der Waals surface area contributed by atoms with Crippen molar-refractivity contribution in [2.75, 3.05) is 19.0 Å². The number of nitrogens with zero attached hydrogens (tertiary/aromatic N) is 1. The third kappa shape index (κ3) is 4.64. The quantitative estimate of drug-likeness (QED) is 0.577. The molecule has 2 aromatic rings. The Hall–Kier alpha value is -3.34. The number of ether oxygens (including phenoxy) is 1. The van der Waals surface area contributed by atoms with Crippen LogP contribution in [0.2, 0.25) is 0 Å². The molecule has 5 heteroatoms. The first kappa shape index (κ1) is 23.4. The summed E-state index contributed by atoms with van der Waals surface area (Å²) < 4.78 is 5.96. The smallest absolute Gasteiger partial charge is 0.337 e. The highest BCUT2D eigenvalue weighted by Crippen LogP contribution is 2.46. The average Bonchev–Trinajstić information content (AvgIpc) is 3.36. The van der Waals surface area contributed by atoms with Crippen LogP contribution in [0.25, 0.3) is 0 Å². The number of allylic oxidation sites excluding steroid dienone is 3. The van der Waals surface area contributed by atoms with Gasteiger partial charge < -0.3 is 15.0 Å². The number of rotatable bonds is 5. The van der Waals surface area contributed by atoms with E-state index in [2.05, 4.69) is 17.4 Å². The number of carbonyl (C=O) groups is 2. The van der Waals surface area contributed by atoms with Gasteiger partial charge in [0, 0.05) is 49.1 Å². The van der Waals surface area contributed by atoms with Gasteiger partial charge in [-0.25, -0.2) is 4.79 Å². The van der Waals surface area contributed by atoms with Gasteiger partial charge in [0.25, 0.3) is 0 Å². The van der Waals surface area contributed by atoms with E-state index in [0.717, 1.165) is 60.3 Å². The Labute approximate surface area is 207 Å². The van der Waals surface area contributed by atoms with Crippen LogP contribution in [0.1, 0.15) is 68.4 Å². The first-order chi connectivity index (χ1) is 16.9. The Bertz CT molecular complexity index is 1170. The van der Waals surface area contributed by atoms with Gasteiger partial charge in [0.2, 0.25) is 0 Å². The first-order valence-corrected chi connectivity index (χ1v) is 12.7. The van der Waals surface area contributed by atoms with Gasteiger partial charge in [-0.2, -0.15) is 0 Å². The number of anilines is 1. The lowest BCUT2D eigenvalue weighted by atomic mass is 9.71. The van der Waals surface area contributed by atoms with Crippen molar-refractivity contribution < 1.29 is 14.3 Å². The second-order valence-corrected chi connectivity index (χ2v) is 10.2. The van der Waals surface area contributed by atoms with E-state index in [1.54, 1.807) is 0 Å². The fourth-order valence-corrected chi connectivity index (χ4v) is 5.79. The van der Waals surface area contributed by atoms with Gasteiger partial charge in [0.15, 0.2) is 5.78 Å². The molecule has 0 amide bonds. The van der Waals surface area contributed by atoms with Crippen LogP contribution in [0.3, 0.4) is 0 Å². The van der Waals surface area contributed by atoms with Crippen LogP contribution >= 0.6 is 0 Å². The molecule has 5 rings (SSSR count).